The summed E-state index contributed by atoms with van der Waals surface area (Å²) in [6.45, 7) is 5.69. The molecule has 0 aliphatic carbocycles. The second-order valence-corrected chi connectivity index (χ2v) is 10.3. The maximum absolute atomic E-state index is 12.1. The van der Waals surface area contributed by atoms with Crippen molar-refractivity contribution in [1.29, 1.82) is 0 Å². The third kappa shape index (κ3) is 6.75. The van der Waals surface area contributed by atoms with Crippen LogP contribution < -0.4 is 4.90 Å². The number of unbranched alkanes of at least 4 members (excludes halogenated alkanes) is 2. The van der Waals surface area contributed by atoms with E-state index in [-0.39, 0.29) is 16.8 Å². The lowest BCUT2D eigenvalue weighted by Crippen LogP contribution is -2.29. The predicted molar refractivity (Wildman–Crippen MR) is 109 cm³/mol. The Morgan fingerprint density at radius 2 is 1.65 bits per heavy atom. The van der Waals surface area contributed by atoms with Gasteiger partial charge in [0.25, 0.3) is 0 Å². The van der Waals surface area contributed by atoms with Gasteiger partial charge < -0.3 is 4.90 Å². The summed E-state index contributed by atoms with van der Waals surface area (Å²) in [5.74, 6) is 0.471. The van der Waals surface area contributed by atoms with Gasteiger partial charge >= 0.3 is 0 Å². The standard InChI is InChI=1S/C21H33NO3S/c1-18(2)26(24,25)16-8-3-5-9-21(23)17-19-10-12-20(13-11-19)22-14-6-4-7-15-22/h10-13,18H,3-9,14-17H2,1-2H3. The van der Waals surface area contributed by atoms with E-state index < -0.39 is 9.84 Å². The molecule has 1 saturated heterocycles. The number of hydrogen-bond donors (Lipinski definition) is 0. The Kier molecular flexibility index (Phi) is 8.14. The summed E-state index contributed by atoms with van der Waals surface area (Å²) >= 11 is 0. The average molecular weight is 380 g/mol. The SMILES string of the molecule is CC(C)S(=O)(=O)CCCCCC(=O)Cc1ccc(N2CCCCC2)cc1. The Labute approximate surface area is 158 Å². The molecule has 0 spiro atoms. The van der Waals surface area contributed by atoms with Crippen LogP contribution in [0.4, 0.5) is 5.69 Å². The molecule has 1 aromatic carbocycles. The number of hydrogen-bond acceptors (Lipinski definition) is 4. The zero-order valence-electron chi connectivity index (χ0n) is 16.2. The van der Waals surface area contributed by atoms with Crippen molar-refractivity contribution in [2.24, 2.45) is 0 Å². The molecule has 0 amide bonds. The third-order valence-electron chi connectivity index (χ3n) is 5.16. The molecule has 2 rings (SSSR count). The number of piperidine rings is 1. The first-order chi connectivity index (χ1) is 12.4. The van der Waals surface area contributed by atoms with Crippen LogP contribution in [0.25, 0.3) is 0 Å². The number of anilines is 1. The van der Waals surface area contributed by atoms with Gasteiger partial charge in [-0.15, -0.1) is 0 Å². The number of rotatable bonds is 10. The van der Waals surface area contributed by atoms with E-state index >= 15 is 0 Å². The van der Waals surface area contributed by atoms with Crippen LogP contribution in [0.2, 0.25) is 0 Å². The quantitative estimate of drug-likeness (QED) is 0.573. The largest absolute Gasteiger partial charge is 0.372 e. The van der Waals surface area contributed by atoms with Gasteiger partial charge in [-0.05, 0) is 63.6 Å². The lowest BCUT2D eigenvalue weighted by molar-refractivity contribution is -0.118. The van der Waals surface area contributed by atoms with E-state index in [4.69, 9.17) is 0 Å². The molecule has 1 heterocycles. The lowest BCUT2D eigenvalue weighted by atomic mass is 10.0. The van der Waals surface area contributed by atoms with Gasteiger partial charge in [0.1, 0.15) is 5.78 Å². The molecule has 1 fully saturated rings. The zero-order valence-corrected chi connectivity index (χ0v) is 17.1. The summed E-state index contributed by atoms with van der Waals surface area (Å²) in [7, 11) is -2.95. The van der Waals surface area contributed by atoms with E-state index in [0.29, 0.717) is 19.3 Å². The van der Waals surface area contributed by atoms with E-state index in [9.17, 15) is 13.2 Å². The minimum atomic E-state index is -2.95. The minimum absolute atomic E-state index is 0.233. The van der Waals surface area contributed by atoms with Crippen LogP contribution in [0, 0.1) is 0 Å². The molecule has 0 N–H and O–H groups in total. The molecule has 5 heteroatoms. The number of carbonyl (C=O) groups excluding carboxylic acids is 1. The topological polar surface area (TPSA) is 54.5 Å². The van der Waals surface area contributed by atoms with Crippen LogP contribution >= 0.6 is 0 Å². The van der Waals surface area contributed by atoms with E-state index in [2.05, 4.69) is 29.2 Å². The molecule has 0 bridgehead atoms. The van der Waals surface area contributed by atoms with E-state index in [1.165, 1.54) is 24.9 Å². The van der Waals surface area contributed by atoms with E-state index in [0.717, 1.165) is 31.5 Å². The molecule has 4 nitrogen and oxygen atoms in total. The summed E-state index contributed by atoms with van der Waals surface area (Å²) in [5, 5.41) is -0.308. The number of benzene rings is 1. The van der Waals surface area contributed by atoms with Crippen molar-refractivity contribution in [1.82, 2.24) is 0 Å². The number of ketones is 1. The van der Waals surface area contributed by atoms with Crippen LogP contribution in [0.3, 0.4) is 0 Å². The molecular weight excluding hydrogens is 346 g/mol. The average Bonchev–Trinajstić information content (AvgIpc) is 2.62. The monoisotopic (exact) mass is 379 g/mol. The van der Waals surface area contributed by atoms with Crippen molar-refractivity contribution in [2.75, 3.05) is 23.7 Å². The van der Waals surface area contributed by atoms with Crippen molar-refractivity contribution in [3.05, 3.63) is 29.8 Å². The van der Waals surface area contributed by atoms with Gasteiger partial charge in [-0.25, -0.2) is 8.42 Å². The van der Waals surface area contributed by atoms with Gasteiger partial charge in [0, 0.05) is 31.6 Å². The molecule has 1 aliphatic rings. The Bertz CT molecular complexity index is 659. The van der Waals surface area contributed by atoms with Gasteiger partial charge in [-0.2, -0.15) is 0 Å². The summed E-state index contributed by atoms with van der Waals surface area (Å²) in [4.78, 5) is 14.6. The minimum Gasteiger partial charge on any atom is -0.372 e. The molecular formula is C21H33NO3S. The number of Topliss-reactive ketones (excluding diaryl/α,β-unsaturated/α-hetero) is 1. The van der Waals surface area contributed by atoms with Crippen molar-refractivity contribution >= 4 is 21.3 Å². The van der Waals surface area contributed by atoms with Gasteiger partial charge in [-0.1, -0.05) is 18.6 Å². The van der Waals surface area contributed by atoms with Crippen molar-refractivity contribution in [2.45, 2.75) is 70.5 Å². The smallest absolute Gasteiger partial charge is 0.152 e. The fourth-order valence-corrected chi connectivity index (χ4v) is 4.41. The molecule has 0 saturated carbocycles. The fourth-order valence-electron chi connectivity index (χ4n) is 3.33. The number of nitrogens with zero attached hydrogens (tertiary/aromatic N) is 1. The molecule has 0 atom stereocenters. The first-order valence-corrected chi connectivity index (χ1v) is 11.7. The zero-order chi connectivity index (χ0) is 19.0. The summed E-state index contributed by atoms with van der Waals surface area (Å²) in [6, 6.07) is 8.39. The van der Waals surface area contributed by atoms with Crippen LogP contribution in [-0.4, -0.2) is 38.3 Å². The number of carbonyl (C=O) groups is 1. The summed E-state index contributed by atoms with van der Waals surface area (Å²) in [6.07, 6.45) is 7.09. The highest BCUT2D eigenvalue weighted by Crippen LogP contribution is 2.20. The summed E-state index contributed by atoms with van der Waals surface area (Å²) in [5.41, 5.74) is 2.32. The van der Waals surface area contributed by atoms with E-state index in [1.807, 2.05) is 0 Å². The second kappa shape index (κ2) is 10.1. The van der Waals surface area contributed by atoms with Crippen LogP contribution in [0.15, 0.2) is 24.3 Å². The van der Waals surface area contributed by atoms with Gasteiger partial charge in [0.15, 0.2) is 9.84 Å². The molecule has 26 heavy (non-hydrogen) atoms. The highest BCUT2D eigenvalue weighted by atomic mass is 32.2. The fraction of sp³-hybridized carbons (Fsp3) is 0.667. The van der Waals surface area contributed by atoms with Crippen LogP contribution in [-0.2, 0) is 21.1 Å². The number of sulfone groups is 1. The first kappa shape index (κ1) is 20.9. The van der Waals surface area contributed by atoms with Crippen LogP contribution in [0.1, 0.15) is 64.4 Å². The highest BCUT2D eigenvalue weighted by molar-refractivity contribution is 7.91. The maximum atomic E-state index is 12.1. The van der Waals surface area contributed by atoms with E-state index in [1.54, 1.807) is 13.8 Å². The Morgan fingerprint density at radius 3 is 2.27 bits per heavy atom. The van der Waals surface area contributed by atoms with Crippen molar-refractivity contribution in [3.8, 4) is 0 Å². The Hall–Kier alpha value is -1.36. The lowest BCUT2D eigenvalue weighted by Gasteiger charge is -2.28. The van der Waals surface area contributed by atoms with Gasteiger partial charge in [0.2, 0.25) is 0 Å². The van der Waals surface area contributed by atoms with Gasteiger partial charge in [0.05, 0.1) is 11.0 Å². The highest BCUT2D eigenvalue weighted by Gasteiger charge is 2.15. The second-order valence-electron chi connectivity index (χ2n) is 7.66. The van der Waals surface area contributed by atoms with Crippen molar-refractivity contribution in [3.63, 3.8) is 0 Å². The molecule has 0 unspecified atom stereocenters. The Balaban J connectivity index is 1.67. The summed E-state index contributed by atoms with van der Waals surface area (Å²) < 4.78 is 23.5. The molecule has 1 aliphatic heterocycles. The normalized spacial score (nSPS) is 15.4. The van der Waals surface area contributed by atoms with Crippen molar-refractivity contribution < 1.29 is 13.2 Å². The predicted octanol–water partition coefficient (Wildman–Crippen LogP) is 4.17. The third-order valence-corrected chi connectivity index (χ3v) is 7.46. The molecule has 0 radical (unpaired) electrons. The Morgan fingerprint density at radius 1 is 1.00 bits per heavy atom. The molecule has 1 aromatic rings. The molecule has 0 aromatic heterocycles. The first-order valence-electron chi connectivity index (χ1n) is 9.95. The molecule has 146 valence electrons. The van der Waals surface area contributed by atoms with Gasteiger partial charge in [-0.3, -0.25) is 4.79 Å². The maximum Gasteiger partial charge on any atom is 0.152 e. The van der Waals surface area contributed by atoms with Crippen LogP contribution in [0.5, 0.6) is 0 Å².